The molecule has 2 aromatic carbocycles. The maximum Gasteiger partial charge on any atom is 0.261 e. The van der Waals surface area contributed by atoms with E-state index in [2.05, 4.69) is 4.72 Å². The number of carboxylic acid groups (broad SMARTS) is 1. The van der Waals surface area contributed by atoms with Gasteiger partial charge in [-0.25, -0.2) is 8.42 Å². The molecule has 1 N–H and O–H groups in total. The fourth-order valence-corrected chi connectivity index (χ4v) is 3.00. The first-order chi connectivity index (χ1) is 10.2. The Morgan fingerprint density at radius 2 is 1.86 bits per heavy atom. The summed E-state index contributed by atoms with van der Waals surface area (Å²) in [6.45, 7) is 1.65. The molecule has 0 saturated heterocycles. The van der Waals surface area contributed by atoms with Gasteiger partial charge in [0.25, 0.3) is 10.0 Å². The first-order valence-electron chi connectivity index (χ1n) is 6.02. The molecule has 0 atom stereocenters. The number of hydrogen-bond acceptors (Lipinski definition) is 5. The Hall–Kier alpha value is -2.25. The van der Waals surface area contributed by atoms with E-state index in [1.165, 1.54) is 24.3 Å². The maximum absolute atomic E-state index is 12.2. The molecule has 0 unspecified atom stereocenters. The summed E-state index contributed by atoms with van der Waals surface area (Å²) in [5.74, 6) is -2.43. The summed E-state index contributed by atoms with van der Waals surface area (Å²) in [7, 11) is -3.93. The van der Waals surface area contributed by atoms with Crippen LogP contribution < -0.4 is 14.9 Å². The number of aromatic carboxylic acids is 1. The zero-order valence-electron chi connectivity index (χ0n) is 11.3. The Labute approximate surface area is 132 Å². The van der Waals surface area contributed by atoms with Crippen molar-refractivity contribution in [1.29, 1.82) is 0 Å². The molecule has 0 bridgehead atoms. The molecule has 0 aliphatic carbocycles. The second-order valence-electron chi connectivity index (χ2n) is 4.51. The van der Waals surface area contributed by atoms with Crippen molar-refractivity contribution in [3.63, 3.8) is 0 Å². The predicted molar refractivity (Wildman–Crippen MR) is 77.2 cm³/mol. The number of sulfonamides is 1. The van der Waals surface area contributed by atoms with Crippen molar-refractivity contribution >= 4 is 33.3 Å². The summed E-state index contributed by atoms with van der Waals surface area (Å²) in [4.78, 5) is 10.8. The number of aryl methyl sites for hydroxylation is 1. The molecule has 0 heterocycles. The van der Waals surface area contributed by atoms with Gasteiger partial charge in [0.05, 0.1) is 10.9 Å². The monoisotopic (exact) mass is 339 g/mol. The van der Waals surface area contributed by atoms with Gasteiger partial charge in [-0.05, 0) is 48.4 Å². The van der Waals surface area contributed by atoms with Gasteiger partial charge in [-0.15, -0.1) is 0 Å². The van der Waals surface area contributed by atoms with Crippen LogP contribution in [0.25, 0.3) is 0 Å². The van der Waals surface area contributed by atoms with E-state index in [-0.39, 0.29) is 10.6 Å². The zero-order valence-corrected chi connectivity index (χ0v) is 12.9. The van der Waals surface area contributed by atoms with E-state index >= 15 is 0 Å². The molecule has 2 aromatic rings. The van der Waals surface area contributed by atoms with Crippen molar-refractivity contribution in [2.75, 3.05) is 4.72 Å². The summed E-state index contributed by atoms with van der Waals surface area (Å²) in [6.07, 6.45) is 0. The van der Waals surface area contributed by atoms with Gasteiger partial charge in [0.2, 0.25) is 0 Å². The average Bonchev–Trinajstić information content (AvgIpc) is 2.43. The number of carboxylic acids is 1. The number of hydrogen-bond donors (Lipinski definition) is 1. The number of nitrogens with one attached hydrogen (secondary N) is 1. The molecular weight excluding hydrogens is 330 g/mol. The van der Waals surface area contributed by atoms with Gasteiger partial charge in [0.15, 0.2) is 0 Å². The Morgan fingerprint density at radius 3 is 2.45 bits per heavy atom. The van der Waals surface area contributed by atoms with Crippen LogP contribution in [0.2, 0.25) is 5.02 Å². The molecule has 8 heteroatoms. The molecule has 0 amide bonds. The molecular formula is C14H10ClNO5S-2. The molecule has 0 radical (unpaired) electrons. The van der Waals surface area contributed by atoms with Crippen LogP contribution in [0.4, 0.5) is 5.69 Å². The minimum absolute atomic E-state index is 0.0319. The molecule has 2 rings (SSSR count). The Kier molecular flexibility index (Phi) is 4.30. The van der Waals surface area contributed by atoms with E-state index in [4.69, 9.17) is 11.6 Å². The van der Waals surface area contributed by atoms with Crippen LogP contribution in [-0.2, 0) is 10.0 Å². The van der Waals surface area contributed by atoms with Crippen LogP contribution in [-0.4, -0.2) is 14.4 Å². The van der Waals surface area contributed by atoms with E-state index in [1.54, 1.807) is 6.92 Å². The molecule has 0 aliphatic rings. The molecule has 0 spiro atoms. The van der Waals surface area contributed by atoms with Crippen molar-refractivity contribution in [2.24, 2.45) is 0 Å². The van der Waals surface area contributed by atoms with Gasteiger partial charge in [-0.1, -0.05) is 23.4 Å². The zero-order chi connectivity index (χ0) is 16.5. The second kappa shape index (κ2) is 5.86. The summed E-state index contributed by atoms with van der Waals surface area (Å²) < 4.78 is 26.7. The van der Waals surface area contributed by atoms with E-state index in [0.717, 1.165) is 12.1 Å². The van der Waals surface area contributed by atoms with E-state index in [1.807, 2.05) is 0 Å². The van der Waals surface area contributed by atoms with Crippen LogP contribution in [0.3, 0.4) is 0 Å². The molecule has 0 fully saturated rings. The fraction of sp³-hybridized carbons (Fsp3) is 0.0714. The summed E-state index contributed by atoms with van der Waals surface area (Å²) >= 11 is 5.84. The minimum atomic E-state index is -3.93. The first-order valence-corrected chi connectivity index (χ1v) is 7.88. The number of carbonyl (C=O) groups is 1. The lowest BCUT2D eigenvalue weighted by molar-refractivity contribution is -0.276. The highest BCUT2D eigenvalue weighted by atomic mass is 35.5. The number of benzene rings is 2. The molecule has 0 saturated carbocycles. The lowest BCUT2D eigenvalue weighted by Crippen LogP contribution is -2.24. The van der Waals surface area contributed by atoms with Crippen molar-refractivity contribution in [2.45, 2.75) is 11.8 Å². The van der Waals surface area contributed by atoms with Gasteiger partial charge < -0.3 is 15.0 Å². The fourth-order valence-electron chi connectivity index (χ4n) is 1.75. The van der Waals surface area contributed by atoms with Crippen LogP contribution in [0.5, 0.6) is 5.75 Å². The van der Waals surface area contributed by atoms with Gasteiger partial charge in [0.1, 0.15) is 0 Å². The second-order valence-corrected chi connectivity index (χ2v) is 6.60. The smallest absolute Gasteiger partial charge is 0.261 e. The van der Waals surface area contributed by atoms with E-state index < -0.39 is 27.3 Å². The van der Waals surface area contributed by atoms with Crippen molar-refractivity contribution in [1.82, 2.24) is 0 Å². The first kappa shape index (κ1) is 16.1. The van der Waals surface area contributed by atoms with Gasteiger partial charge in [-0.2, -0.15) is 0 Å². The summed E-state index contributed by atoms with van der Waals surface area (Å²) in [6, 6.07) is 7.19. The number of halogens is 1. The van der Waals surface area contributed by atoms with Crippen LogP contribution in [0.15, 0.2) is 41.3 Å². The standard InChI is InChI=1S/C14H12ClNO5S/c1-8-6-10(3-4-12(8)15)22(20,21)16-9-2-5-13(17)11(7-9)14(18)19/h2-7,16-17H,1H3,(H,18,19)/p-2. The lowest BCUT2D eigenvalue weighted by atomic mass is 10.2. The minimum Gasteiger partial charge on any atom is -0.872 e. The predicted octanol–water partition coefficient (Wildman–Crippen LogP) is 0.886. The quantitative estimate of drug-likeness (QED) is 0.889. The van der Waals surface area contributed by atoms with Gasteiger partial charge in [-0.3, -0.25) is 4.72 Å². The number of anilines is 1. The normalized spacial score (nSPS) is 11.2. The average molecular weight is 340 g/mol. The van der Waals surface area contributed by atoms with Gasteiger partial charge in [0, 0.05) is 10.7 Å². The Morgan fingerprint density at radius 1 is 1.18 bits per heavy atom. The van der Waals surface area contributed by atoms with Crippen molar-refractivity contribution < 1.29 is 23.4 Å². The largest absolute Gasteiger partial charge is 0.872 e. The molecule has 22 heavy (non-hydrogen) atoms. The highest BCUT2D eigenvalue weighted by Crippen LogP contribution is 2.24. The van der Waals surface area contributed by atoms with Crippen LogP contribution >= 0.6 is 11.6 Å². The highest BCUT2D eigenvalue weighted by molar-refractivity contribution is 7.92. The summed E-state index contributed by atoms with van der Waals surface area (Å²) in [5.41, 5.74) is -0.0891. The third-order valence-electron chi connectivity index (χ3n) is 2.89. The highest BCUT2D eigenvalue weighted by Gasteiger charge is 2.15. The van der Waals surface area contributed by atoms with Crippen molar-refractivity contribution in [3.8, 4) is 5.75 Å². The lowest BCUT2D eigenvalue weighted by Gasteiger charge is -2.16. The third-order valence-corrected chi connectivity index (χ3v) is 4.69. The molecule has 0 aromatic heterocycles. The molecule has 116 valence electrons. The number of rotatable bonds is 4. The third kappa shape index (κ3) is 3.32. The van der Waals surface area contributed by atoms with Gasteiger partial charge >= 0.3 is 0 Å². The van der Waals surface area contributed by atoms with E-state index in [0.29, 0.717) is 10.6 Å². The Balaban J connectivity index is 2.38. The van der Waals surface area contributed by atoms with Crippen molar-refractivity contribution in [3.05, 3.63) is 52.5 Å². The molecule has 0 aliphatic heterocycles. The summed E-state index contributed by atoms with van der Waals surface area (Å²) in [5, 5.41) is 22.5. The molecule has 6 nitrogen and oxygen atoms in total. The number of carbonyl (C=O) groups excluding carboxylic acids is 1. The maximum atomic E-state index is 12.2. The topological polar surface area (TPSA) is 109 Å². The van der Waals surface area contributed by atoms with Crippen LogP contribution in [0.1, 0.15) is 15.9 Å². The van der Waals surface area contributed by atoms with E-state index in [9.17, 15) is 23.4 Å². The van der Waals surface area contributed by atoms with Crippen LogP contribution in [0, 0.1) is 6.92 Å². The Bertz CT molecular complexity index is 848. The SMILES string of the molecule is Cc1cc(S(=O)(=O)Nc2ccc([O-])c(C(=O)[O-])c2)ccc1Cl.